The summed E-state index contributed by atoms with van der Waals surface area (Å²) in [4.78, 5) is 11.5. The smallest absolute Gasteiger partial charge is 0.287 e. The molecule has 2 aromatic rings. The largest absolute Gasteiger partial charge is 0.451 e. The fraction of sp³-hybridized carbons (Fsp3) is 0.438. The van der Waals surface area contributed by atoms with Crippen LogP contribution in [0.15, 0.2) is 28.7 Å². The lowest BCUT2D eigenvalue weighted by molar-refractivity contribution is 0.0919. The number of furan rings is 1. The Hall–Kier alpha value is -1.81. The normalized spacial score (nSPS) is 9.10. The minimum Gasteiger partial charge on any atom is -0.451 e. The van der Waals surface area contributed by atoms with Crippen LogP contribution < -0.4 is 5.32 Å². The second-order valence-electron chi connectivity index (χ2n) is 3.63. The summed E-state index contributed by atoms with van der Waals surface area (Å²) in [5.41, 5.74) is 1.82. The highest BCUT2D eigenvalue weighted by atomic mass is 16.3. The number of hydrogen-bond acceptors (Lipinski definition) is 3. The molecule has 0 aliphatic carbocycles. The van der Waals surface area contributed by atoms with Crippen LogP contribution in [0.3, 0.4) is 0 Å². The van der Waals surface area contributed by atoms with E-state index < -0.39 is 0 Å². The lowest BCUT2D eigenvalue weighted by Gasteiger charge is -1.97. The Morgan fingerprint density at radius 2 is 1.85 bits per heavy atom. The average Bonchev–Trinajstić information content (AvgIpc) is 2.92. The van der Waals surface area contributed by atoms with E-state index in [1.807, 2.05) is 52.8 Å². The Morgan fingerprint density at radius 1 is 1.20 bits per heavy atom. The van der Waals surface area contributed by atoms with Crippen LogP contribution in [-0.4, -0.2) is 24.2 Å². The van der Waals surface area contributed by atoms with Crippen LogP contribution in [0.1, 0.15) is 43.8 Å². The van der Waals surface area contributed by atoms with E-state index >= 15 is 0 Å². The molecular formula is C16H25NO3. The van der Waals surface area contributed by atoms with Crippen LogP contribution in [0.4, 0.5) is 0 Å². The van der Waals surface area contributed by atoms with E-state index in [2.05, 4.69) is 5.32 Å². The van der Waals surface area contributed by atoms with Gasteiger partial charge in [0, 0.05) is 11.9 Å². The number of carbonyl (C=O) groups excluding carboxylic acids is 1. The molecule has 0 aliphatic rings. The zero-order valence-corrected chi connectivity index (χ0v) is 13.0. The van der Waals surface area contributed by atoms with Crippen molar-refractivity contribution in [1.29, 1.82) is 0 Å². The summed E-state index contributed by atoms with van der Waals surface area (Å²) in [7, 11) is 0. The first-order chi connectivity index (χ1) is 9.70. The van der Waals surface area contributed by atoms with Gasteiger partial charge in [0.25, 0.3) is 5.91 Å². The van der Waals surface area contributed by atoms with Crippen molar-refractivity contribution in [3.05, 3.63) is 35.6 Å². The van der Waals surface area contributed by atoms with Gasteiger partial charge in [-0.1, -0.05) is 39.3 Å². The maximum Gasteiger partial charge on any atom is 0.287 e. The Labute approximate surface area is 120 Å². The summed E-state index contributed by atoms with van der Waals surface area (Å²) in [6, 6.07) is 7.44. The van der Waals surface area contributed by atoms with Gasteiger partial charge in [0.15, 0.2) is 5.76 Å². The zero-order valence-electron chi connectivity index (χ0n) is 13.0. The number of fused-ring (bicyclic) bond motifs is 1. The van der Waals surface area contributed by atoms with Gasteiger partial charge in [-0.15, -0.1) is 0 Å². The second kappa shape index (κ2) is 10.0. The highest BCUT2D eigenvalue weighted by Gasteiger charge is 2.11. The molecule has 1 aromatic heterocycles. The number of aliphatic hydroxyl groups excluding tert-OH is 1. The number of carbonyl (C=O) groups is 1. The maximum atomic E-state index is 11.5. The van der Waals surface area contributed by atoms with E-state index in [9.17, 15) is 4.79 Å². The molecule has 0 saturated heterocycles. The van der Waals surface area contributed by atoms with E-state index in [0.717, 1.165) is 10.9 Å². The van der Waals surface area contributed by atoms with Gasteiger partial charge in [0.1, 0.15) is 5.58 Å². The van der Waals surface area contributed by atoms with Gasteiger partial charge in [0.2, 0.25) is 0 Å². The molecular weight excluding hydrogens is 254 g/mol. The van der Waals surface area contributed by atoms with Crippen LogP contribution in [0.5, 0.6) is 0 Å². The van der Waals surface area contributed by atoms with Crippen molar-refractivity contribution >= 4 is 16.9 Å². The fourth-order valence-corrected chi connectivity index (χ4v) is 1.53. The molecule has 1 amide bonds. The van der Waals surface area contributed by atoms with Crippen molar-refractivity contribution < 1.29 is 14.3 Å². The van der Waals surface area contributed by atoms with Crippen LogP contribution in [0, 0.1) is 6.92 Å². The molecule has 0 aliphatic heterocycles. The topological polar surface area (TPSA) is 62.5 Å². The van der Waals surface area contributed by atoms with Crippen LogP contribution in [-0.2, 0) is 0 Å². The standard InChI is InChI=1S/C12H13NO3.2C2H6/c1-8-2-3-10-9(6-8)7-11(16-10)12(15)13-4-5-14;2*1-2/h2-3,6-7,14H,4-5H2,1H3,(H,13,15);2*1-2H3. The van der Waals surface area contributed by atoms with Crippen molar-refractivity contribution in [2.45, 2.75) is 34.6 Å². The van der Waals surface area contributed by atoms with E-state index in [1.54, 1.807) is 6.07 Å². The van der Waals surface area contributed by atoms with Crippen molar-refractivity contribution in [3.8, 4) is 0 Å². The van der Waals surface area contributed by atoms with Crippen LogP contribution >= 0.6 is 0 Å². The van der Waals surface area contributed by atoms with Gasteiger partial charge in [0.05, 0.1) is 6.61 Å². The highest BCUT2D eigenvalue weighted by molar-refractivity contribution is 5.96. The first-order valence-electron chi connectivity index (χ1n) is 7.10. The molecule has 0 fully saturated rings. The van der Waals surface area contributed by atoms with Crippen molar-refractivity contribution in [2.75, 3.05) is 13.2 Å². The molecule has 0 radical (unpaired) electrons. The van der Waals surface area contributed by atoms with Gasteiger partial charge < -0.3 is 14.8 Å². The summed E-state index contributed by atoms with van der Waals surface area (Å²) in [5.74, 6) is -0.0306. The number of benzene rings is 1. The Bertz CT molecular complexity index is 517. The van der Waals surface area contributed by atoms with Crippen molar-refractivity contribution in [1.82, 2.24) is 5.32 Å². The number of aliphatic hydroxyl groups is 1. The lowest BCUT2D eigenvalue weighted by atomic mass is 10.2. The van der Waals surface area contributed by atoms with Gasteiger partial charge in [-0.2, -0.15) is 0 Å². The van der Waals surface area contributed by atoms with Gasteiger partial charge in [-0.05, 0) is 25.1 Å². The highest BCUT2D eigenvalue weighted by Crippen LogP contribution is 2.20. The maximum absolute atomic E-state index is 11.5. The van der Waals surface area contributed by atoms with E-state index in [-0.39, 0.29) is 24.8 Å². The molecule has 0 saturated carbocycles. The third-order valence-electron chi connectivity index (χ3n) is 2.29. The lowest BCUT2D eigenvalue weighted by Crippen LogP contribution is -2.25. The number of hydrogen-bond donors (Lipinski definition) is 2. The molecule has 2 rings (SSSR count). The molecule has 1 heterocycles. The minimum atomic E-state index is -0.303. The third-order valence-corrected chi connectivity index (χ3v) is 2.29. The summed E-state index contributed by atoms with van der Waals surface area (Å²) < 4.78 is 5.39. The Morgan fingerprint density at radius 3 is 2.45 bits per heavy atom. The van der Waals surface area contributed by atoms with E-state index in [4.69, 9.17) is 9.52 Å². The molecule has 20 heavy (non-hydrogen) atoms. The number of nitrogens with one attached hydrogen (secondary N) is 1. The monoisotopic (exact) mass is 279 g/mol. The molecule has 1 aromatic carbocycles. The minimum absolute atomic E-state index is 0.0783. The molecule has 0 unspecified atom stereocenters. The fourth-order valence-electron chi connectivity index (χ4n) is 1.53. The molecule has 4 heteroatoms. The van der Waals surface area contributed by atoms with E-state index in [0.29, 0.717) is 5.58 Å². The molecule has 2 N–H and O–H groups in total. The van der Waals surface area contributed by atoms with Gasteiger partial charge >= 0.3 is 0 Å². The number of rotatable bonds is 3. The molecule has 112 valence electrons. The number of aryl methyl sites for hydroxylation is 1. The summed E-state index contributed by atoms with van der Waals surface area (Å²) >= 11 is 0. The number of amides is 1. The second-order valence-corrected chi connectivity index (χ2v) is 3.63. The van der Waals surface area contributed by atoms with Gasteiger partial charge in [-0.3, -0.25) is 4.79 Å². The quantitative estimate of drug-likeness (QED) is 0.903. The first-order valence-corrected chi connectivity index (χ1v) is 7.10. The summed E-state index contributed by atoms with van der Waals surface area (Å²) in [6.45, 7) is 10.1. The van der Waals surface area contributed by atoms with Crippen molar-refractivity contribution in [2.24, 2.45) is 0 Å². The predicted molar refractivity (Wildman–Crippen MR) is 83.1 cm³/mol. The predicted octanol–water partition coefficient (Wildman–Crippen LogP) is 3.52. The SMILES string of the molecule is CC.CC.Cc1ccc2oc(C(=O)NCCO)cc2c1. The zero-order chi connectivity index (χ0) is 15.5. The molecule has 0 spiro atoms. The van der Waals surface area contributed by atoms with Crippen LogP contribution in [0.25, 0.3) is 11.0 Å². The van der Waals surface area contributed by atoms with E-state index in [1.165, 1.54) is 0 Å². The summed E-state index contributed by atoms with van der Waals surface area (Å²) in [6.07, 6.45) is 0. The molecule has 0 atom stereocenters. The molecule has 0 bridgehead atoms. The van der Waals surface area contributed by atoms with Crippen LogP contribution in [0.2, 0.25) is 0 Å². The van der Waals surface area contributed by atoms with Crippen molar-refractivity contribution in [3.63, 3.8) is 0 Å². The molecule has 4 nitrogen and oxygen atoms in total. The summed E-state index contributed by atoms with van der Waals surface area (Å²) in [5, 5.41) is 12.0. The Balaban J connectivity index is 0.000000829. The Kier molecular flexibility index (Phi) is 9.13. The first kappa shape index (κ1) is 18.2. The third kappa shape index (κ3) is 5.05. The average molecular weight is 279 g/mol. The van der Waals surface area contributed by atoms with Gasteiger partial charge in [-0.25, -0.2) is 0 Å².